The zero-order valence-electron chi connectivity index (χ0n) is 14.9. The number of hydrogen-bond acceptors (Lipinski definition) is 1. The Kier molecular flexibility index (Phi) is 12.3. The molecule has 0 aromatic rings. The summed E-state index contributed by atoms with van der Waals surface area (Å²) in [6, 6.07) is 0. The van der Waals surface area contributed by atoms with Crippen LogP contribution in [0.5, 0.6) is 0 Å². The monoisotopic (exact) mass is 282 g/mol. The quantitative estimate of drug-likeness (QED) is 0.319. The van der Waals surface area contributed by atoms with Crippen molar-refractivity contribution in [2.24, 2.45) is 0 Å². The molecule has 0 saturated carbocycles. The van der Waals surface area contributed by atoms with E-state index in [1.807, 2.05) is 6.08 Å². The normalized spacial score (nSPS) is 13.8. The van der Waals surface area contributed by atoms with Gasteiger partial charge in [0.25, 0.3) is 0 Å². The molecular formula is C18H32O2. The maximum absolute atomic E-state index is 10.3. The van der Waals surface area contributed by atoms with E-state index in [1.54, 1.807) is 6.08 Å². The van der Waals surface area contributed by atoms with Gasteiger partial charge in [-0.25, -0.2) is 0 Å². The number of unbranched alkanes of at least 4 members (excludes halogenated alkanes) is 6. The molecular weight excluding hydrogens is 248 g/mol. The summed E-state index contributed by atoms with van der Waals surface area (Å²) < 4.78 is 15.6. The molecule has 0 radical (unpaired) electrons. The van der Waals surface area contributed by atoms with E-state index < -0.39 is 12.3 Å². The highest BCUT2D eigenvalue weighted by molar-refractivity contribution is 5.66. The highest BCUT2D eigenvalue weighted by Gasteiger charge is 1.95. The molecule has 2 heteroatoms. The topological polar surface area (TPSA) is 37.3 Å². The second-order valence-electron chi connectivity index (χ2n) is 5.12. The molecule has 116 valence electrons. The van der Waals surface area contributed by atoms with Crippen LogP contribution in [-0.4, -0.2) is 11.1 Å². The molecule has 0 aliphatic carbocycles. The number of allylic oxidation sites excluding steroid dienone is 4. The molecule has 0 saturated heterocycles. The summed E-state index contributed by atoms with van der Waals surface area (Å²) in [4.78, 5) is 10.3. The molecule has 0 bridgehead atoms. The molecule has 20 heavy (non-hydrogen) atoms. The number of hydrogen-bond donors (Lipinski definition) is 1. The summed E-state index contributed by atoms with van der Waals surface area (Å²) in [6.07, 6.45) is 16.6. The van der Waals surface area contributed by atoms with Crippen molar-refractivity contribution in [1.82, 2.24) is 0 Å². The van der Waals surface area contributed by atoms with Gasteiger partial charge in [-0.1, -0.05) is 63.3 Å². The molecule has 1 N–H and O–H groups in total. The van der Waals surface area contributed by atoms with Gasteiger partial charge < -0.3 is 5.11 Å². The smallest absolute Gasteiger partial charge is 0.303 e. The standard InChI is InChI=1S/C18H32O2/c1-2-3-4-5-6-7-8-9-10-11-12-13-14-15-16-17-18(19)20/h6-7,9-10H,2-5,8,11-17H2,1H3,(H,19,20)/b7-6-,10-9-/i5D2. The van der Waals surface area contributed by atoms with Gasteiger partial charge in [-0.2, -0.15) is 0 Å². The fourth-order valence-corrected chi connectivity index (χ4v) is 1.87. The van der Waals surface area contributed by atoms with E-state index >= 15 is 0 Å². The first-order valence-electron chi connectivity index (χ1n) is 9.02. The van der Waals surface area contributed by atoms with Crippen LogP contribution in [0.3, 0.4) is 0 Å². The third-order valence-electron chi connectivity index (χ3n) is 3.11. The number of aliphatic carboxylic acids is 1. The minimum absolute atomic E-state index is 0.290. The summed E-state index contributed by atoms with van der Waals surface area (Å²) in [5.74, 6) is -0.699. The van der Waals surface area contributed by atoms with Crippen LogP contribution in [0.15, 0.2) is 24.3 Å². The molecule has 0 spiro atoms. The fraction of sp³-hybridized carbons (Fsp3) is 0.722. The van der Waals surface area contributed by atoms with Crippen molar-refractivity contribution in [2.45, 2.75) is 83.9 Å². The van der Waals surface area contributed by atoms with Crippen molar-refractivity contribution in [2.75, 3.05) is 0 Å². The van der Waals surface area contributed by atoms with Gasteiger partial charge >= 0.3 is 5.97 Å². The van der Waals surface area contributed by atoms with Crippen molar-refractivity contribution in [3.05, 3.63) is 24.3 Å². The Morgan fingerprint density at radius 2 is 1.65 bits per heavy atom. The van der Waals surface area contributed by atoms with E-state index in [1.165, 1.54) is 0 Å². The average molecular weight is 282 g/mol. The molecule has 0 unspecified atom stereocenters. The Bertz CT molecular complexity index is 336. The lowest BCUT2D eigenvalue weighted by atomic mass is 10.1. The Labute approximate surface area is 127 Å². The van der Waals surface area contributed by atoms with Gasteiger partial charge in [0, 0.05) is 9.16 Å². The lowest BCUT2D eigenvalue weighted by molar-refractivity contribution is -0.137. The third-order valence-corrected chi connectivity index (χ3v) is 3.11. The predicted molar refractivity (Wildman–Crippen MR) is 87.0 cm³/mol. The number of carbonyl (C=O) groups is 1. The van der Waals surface area contributed by atoms with Crippen molar-refractivity contribution in [3.8, 4) is 0 Å². The fourth-order valence-electron chi connectivity index (χ4n) is 1.87. The summed E-state index contributed by atoms with van der Waals surface area (Å²) >= 11 is 0. The molecule has 0 aromatic heterocycles. The second kappa shape index (κ2) is 16.0. The van der Waals surface area contributed by atoms with E-state index in [4.69, 9.17) is 7.85 Å². The van der Waals surface area contributed by atoms with Crippen LogP contribution >= 0.6 is 0 Å². The SMILES string of the molecule is [2H]C([2H])(/C=C\C/C=C\CCCCCCCC(=O)O)CCCC. The lowest BCUT2D eigenvalue weighted by Gasteiger charge is -1.98. The van der Waals surface area contributed by atoms with Crippen LogP contribution in [0.1, 0.15) is 86.7 Å². The molecule has 0 fully saturated rings. The molecule has 0 atom stereocenters. The van der Waals surface area contributed by atoms with Gasteiger partial charge in [-0.15, -0.1) is 0 Å². The van der Waals surface area contributed by atoms with Gasteiger partial charge in [0.1, 0.15) is 0 Å². The van der Waals surface area contributed by atoms with Crippen molar-refractivity contribution >= 4 is 5.97 Å². The Morgan fingerprint density at radius 3 is 2.40 bits per heavy atom. The van der Waals surface area contributed by atoms with Gasteiger partial charge in [-0.3, -0.25) is 4.79 Å². The first-order chi connectivity index (χ1) is 10.5. The lowest BCUT2D eigenvalue weighted by Crippen LogP contribution is -1.93. The summed E-state index contributed by atoms with van der Waals surface area (Å²) in [5, 5.41) is 8.51. The number of rotatable bonds is 14. The molecule has 0 heterocycles. The van der Waals surface area contributed by atoms with Crippen LogP contribution in [-0.2, 0) is 4.79 Å². The first-order valence-corrected chi connectivity index (χ1v) is 8.02. The maximum atomic E-state index is 10.3. The molecule has 2 nitrogen and oxygen atoms in total. The Hall–Kier alpha value is -1.05. The summed E-state index contributed by atoms with van der Waals surface area (Å²) in [5.41, 5.74) is 0. The zero-order chi connectivity index (χ0) is 16.7. The first kappa shape index (κ1) is 15.3. The van der Waals surface area contributed by atoms with Crippen molar-refractivity contribution in [1.29, 1.82) is 0 Å². The van der Waals surface area contributed by atoms with Gasteiger partial charge in [0.15, 0.2) is 0 Å². The van der Waals surface area contributed by atoms with E-state index in [0.717, 1.165) is 57.8 Å². The Morgan fingerprint density at radius 1 is 0.950 bits per heavy atom. The average Bonchev–Trinajstić information content (AvgIpc) is 2.46. The summed E-state index contributed by atoms with van der Waals surface area (Å²) in [6.45, 7) is 2.08. The van der Waals surface area contributed by atoms with E-state index in [9.17, 15) is 4.79 Å². The highest BCUT2D eigenvalue weighted by atomic mass is 16.4. The maximum Gasteiger partial charge on any atom is 0.303 e. The van der Waals surface area contributed by atoms with Crippen LogP contribution in [0.2, 0.25) is 0 Å². The van der Waals surface area contributed by atoms with Crippen LogP contribution in [0.4, 0.5) is 0 Å². The van der Waals surface area contributed by atoms with Crippen molar-refractivity contribution in [3.63, 3.8) is 0 Å². The van der Waals surface area contributed by atoms with E-state index in [2.05, 4.69) is 19.1 Å². The largest absolute Gasteiger partial charge is 0.481 e. The minimum Gasteiger partial charge on any atom is -0.481 e. The second-order valence-corrected chi connectivity index (χ2v) is 5.12. The molecule has 0 amide bonds. The van der Waals surface area contributed by atoms with E-state index in [-0.39, 0.29) is 6.42 Å². The van der Waals surface area contributed by atoms with Crippen LogP contribution < -0.4 is 0 Å². The van der Waals surface area contributed by atoms with Crippen molar-refractivity contribution < 1.29 is 12.6 Å². The predicted octanol–water partition coefficient (Wildman–Crippen LogP) is 5.88. The van der Waals surface area contributed by atoms with Crippen LogP contribution in [0, 0.1) is 0 Å². The molecule has 0 aliphatic rings. The number of carboxylic acids is 1. The molecule has 0 aliphatic heterocycles. The highest BCUT2D eigenvalue weighted by Crippen LogP contribution is 2.08. The summed E-state index contributed by atoms with van der Waals surface area (Å²) in [7, 11) is 0. The molecule has 0 aromatic carbocycles. The third kappa shape index (κ3) is 16.9. The van der Waals surface area contributed by atoms with E-state index in [0.29, 0.717) is 6.42 Å². The van der Waals surface area contributed by atoms with Gasteiger partial charge in [0.2, 0.25) is 0 Å². The minimum atomic E-state index is -1.17. The Balaban J connectivity index is 3.49. The van der Waals surface area contributed by atoms with Gasteiger partial charge in [-0.05, 0) is 38.5 Å². The molecule has 0 rings (SSSR count). The van der Waals surface area contributed by atoms with Gasteiger partial charge in [0.05, 0.1) is 0 Å². The van der Waals surface area contributed by atoms with Crippen LogP contribution in [0.25, 0.3) is 0 Å². The zero-order valence-corrected chi connectivity index (χ0v) is 12.9. The number of carboxylic acid groups (broad SMARTS) is 1.